The molecule has 0 aliphatic heterocycles. The van der Waals surface area contributed by atoms with E-state index in [1.807, 2.05) is 0 Å². The first-order valence-electron chi connectivity index (χ1n) is 10.4. The van der Waals surface area contributed by atoms with Crippen molar-refractivity contribution in [1.29, 1.82) is 0 Å². The maximum Gasteiger partial charge on any atom is 0.303 e. The van der Waals surface area contributed by atoms with Crippen LogP contribution in [-0.2, 0) is 4.79 Å². The summed E-state index contributed by atoms with van der Waals surface area (Å²) in [6.07, 6.45) is 12.1. The van der Waals surface area contributed by atoms with Gasteiger partial charge in [-0.05, 0) is 36.5 Å². The predicted molar refractivity (Wildman–Crippen MR) is 109 cm³/mol. The molecule has 2 unspecified atom stereocenters. The van der Waals surface area contributed by atoms with E-state index in [1.165, 1.54) is 44.9 Å². The van der Waals surface area contributed by atoms with Gasteiger partial charge in [-0.1, -0.05) is 86.5 Å². The summed E-state index contributed by atoms with van der Waals surface area (Å²) in [4.78, 5) is 10.3. The molecule has 0 aliphatic rings. The average Bonchev–Trinajstić information content (AvgIpc) is 2.46. The number of hydrogen-bond acceptors (Lipinski definition) is 2. The van der Waals surface area contributed by atoms with E-state index >= 15 is 0 Å². The largest absolute Gasteiger partial charge is 0.481 e. The third kappa shape index (κ3) is 25.8. The molecular weight excluding hydrogens is 312 g/mol. The minimum atomic E-state index is -0.669. The number of rotatable bonds is 13. The van der Waals surface area contributed by atoms with Gasteiger partial charge in [-0.3, -0.25) is 4.79 Å². The number of hydrogen-bond donors (Lipinski definition) is 2. The van der Waals surface area contributed by atoms with Crippen LogP contribution in [-0.4, -0.2) is 22.8 Å². The summed E-state index contributed by atoms with van der Waals surface area (Å²) >= 11 is 0. The second-order valence-corrected chi connectivity index (χ2v) is 8.98. The maximum atomic E-state index is 10.3. The van der Waals surface area contributed by atoms with Crippen molar-refractivity contribution in [2.45, 2.75) is 112 Å². The molecule has 2 atom stereocenters. The Morgan fingerprint density at radius 1 is 0.880 bits per heavy atom. The highest BCUT2D eigenvalue weighted by Crippen LogP contribution is 2.27. The summed E-state index contributed by atoms with van der Waals surface area (Å²) in [7, 11) is 0. The molecule has 0 spiro atoms. The van der Waals surface area contributed by atoms with E-state index in [-0.39, 0.29) is 0 Å². The minimum Gasteiger partial charge on any atom is -0.481 e. The van der Waals surface area contributed by atoms with E-state index in [2.05, 4.69) is 41.5 Å². The fraction of sp³-hybridized carbons (Fsp3) is 0.955. The normalized spacial score (nSPS) is 13.7. The Kier molecular flexibility index (Phi) is 18.0. The van der Waals surface area contributed by atoms with Gasteiger partial charge in [0.1, 0.15) is 0 Å². The van der Waals surface area contributed by atoms with Crippen LogP contribution in [0.2, 0.25) is 0 Å². The van der Waals surface area contributed by atoms with Gasteiger partial charge in [-0.15, -0.1) is 0 Å². The Morgan fingerprint density at radius 2 is 1.44 bits per heavy atom. The van der Waals surface area contributed by atoms with Gasteiger partial charge in [-0.25, -0.2) is 0 Å². The first kappa shape index (κ1) is 26.7. The van der Waals surface area contributed by atoms with Gasteiger partial charge in [0.25, 0.3) is 0 Å². The van der Waals surface area contributed by atoms with Crippen LogP contribution in [0.5, 0.6) is 0 Å². The second kappa shape index (κ2) is 16.9. The van der Waals surface area contributed by atoms with Crippen LogP contribution in [0, 0.1) is 17.3 Å². The Bertz CT molecular complexity index is 294. The van der Waals surface area contributed by atoms with E-state index < -0.39 is 5.97 Å². The van der Waals surface area contributed by atoms with Crippen molar-refractivity contribution in [3.8, 4) is 0 Å². The van der Waals surface area contributed by atoms with Crippen LogP contribution in [0.3, 0.4) is 0 Å². The van der Waals surface area contributed by atoms with Gasteiger partial charge >= 0.3 is 5.97 Å². The highest BCUT2D eigenvalue weighted by Gasteiger charge is 2.14. The van der Waals surface area contributed by atoms with Gasteiger partial charge in [-0.2, -0.15) is 0 Å². The van der Waals surface area contributed by atoms with Crippen LogP contribution < -0.4 is 0 Å². The van der Waals surface area contributed by atoms with Crippen molar-refractivity contribution >= 4 is 5.97 Å². The molecule has 0 bridgehead atoms. The highest BCUT2D eigenvalue weighted by atomic mass is 16.4. The van der Waals surface area contributed by atoms with Gasteiger partial charge in [0.15, 0.2) is 0 Å². The molecule has 0 fully saturated rings. The Balaban J connectivity index is 0. The number of carboxylic acids is 1. The molecule has 0 aromatic carbocycles. The van der Waals surface area contributed by atoms with E-state index in [0.717, 1.165) is 31.1 Å². The fourth-order valence-corrected chi connectivity index (χ4v) is 3.20. The van der Waals surface area contributed by atoms with Crippen LogP contribution in [0.1, 0.15) is 112 Å². The van der Waals surface area contributed by atoms with E-state index in [1.54, 1.807) is 0 Å². The zero-order valence-corrected chi connectivity index (χ0v) is 17.9. The maximum absolute atomic E-state index is 10.3. The second-order valence-electron chi connectivity index (χ2n) is 8.98. The lowest BCUT2D eigenvalue weighted by molar-refractivity contribution is -0.137. The van der Waals surface area contributed by atoms with Crippen LogP contribution in [0.4, 0.5) is 0 Å². The zero-order chi connectivity index (χ0) is 19.7. The zero-order valence-electron chi connectivity index (χ0n) is 17.9. The molecule has 3 nitrogen and oxygen atoms in total. The SMILES string of the molecule is CC(CCCCCC(=O)O)CC(C)(C)C.CCCCCC(C)CCO. The monoisotopic (exact) mass is 358 g/mol. The average molecular weight is 359 g/mol. The first-order valence-corrected chi connectivity index (χ1v) is 10.4. The molecule has 0 radical (unpaired) electrons. The van der Waals surface area contributed by atoms with Crippen molar-refractivity contribution in [1.82, 2.24) is 0 Å². The fourth-order valence-electron chi connectivity index (χ4n) is 3.20. The van der Waals surface area contributed by atoms with Crippen molar-refractivity contribution < 1.29 is 15.0 Å². The molecule has 0 aliphatic carbocycles. The van der Waals surface area contributed by atoms with Gasteiger partial charge in [0.2, 0.25) is 0 Å². The predicted octanol–water partition coefficient (Wildman–Crippen LogP) is 6.68. The molecule has 0 aromatic rings. The quantitative estimate of drug-likeness (QED) is 0.361. The van der Waals surface area contributed by atoms with Crippen molar-refractivity contribution in [3.63, 3.8) is 0 Å². The number of unbranched alkanes of at least 4 members (excludes halogenated alkanes) is 4. The molecule has 0 saturated carbocycles. The summed E-state index contributed by atoms with van der Waals surface area (Å²) in [6.45, 7) is 13.9. The van der Waals surface area contributed by atoms with Crippen molar-refractivity contribution in [2.24, 2.45) is 17.3 Å². The molecule has 2 N–H and O–H groups in total. The Morgan fingerprint density at radius 3 is 1.92 bits per heavy atom. The molecule has 0 aromatic heterocycles. The summed E-state index contributed by atoms with van der Waals surface area (Å²) in [5.41, 5.74) is 0.417. The number of carbonyl (C=O) groups is 1. The van der Waals surface area contributed by atoms with E-state index in [0.29, 0.717) is 18.4 Å². The molecule has 3 heteroatoms. The first-order chi connectivity index (χ1) is 11.6. The van der Waals surface area contributed by atoms with Gasteiger partial charge in [0.05, 0.1) is 0 Å². The summed E-state index contributed by atoms with van der Waals surface area (Å²) in [5, 5.41) is 17.1. The van der Waals surface area contributed by atoms with Gasteiger partial charge in [0, 0.05) is 13.0 Å². The molecular formula is C22H46O3. The number of aliphatic carboxylic acids is 1. The standard InChI is InChI=1S/C13H26O2.C9H20O/c1-11(10-13(2,3)4)8-6-5-7-9-12(14)15;1-3-4-5-6-9(2)7-8-10/h11H,5-10H2,1-4H3,(H,14,15);9-10H,3-8H2,1-2H3. The van der Waals surface area contributed by atoms with Crippen LogP contribution in [0.15, 0.2) is 0 Å². The minimum absolute atomic E-state index is 0.327. The number of aliphatic hydroxyl groups is 1. The third-order valence-electron chi connectivity index (χ3n) is 4.47. The molecule has 25 heavy (non-hydrogen) atoms. The lowest BCUT2D eigenvalue weighted by atomic mass is 9.83. The Labute approximate surface area is 157 Å². The topological polar surface area (TPSA) is 57.5 Å². The van der Waals surface area contributed by atoms with E-state index in [4.69, 9.17) is 10.2 Å². The van der Waals surface area contributed by atoms with Crippen molar-refractivity contribution in [3.05, 3.63) is 0 Å². The lowest BCUT2D eigenvalue weighted by Gasteiger charge is -2.23. The summed E-state index contributed by atoms with van der Waals surface area (Å²) in [6, 6.07) is 0. The van der Waals surface area contributed by atoms with E-state index in [9.17, 15) is 4.79 Å². The summed E-state index contributed by atoms with van der Waals surface area (Å²) < 4.78 is 0. The highest BCUT2D eigenvalue weighted by molar-refractivity contribution is 5.66. The molecule has 0 saturated heterocycles. The van der Waals surface area contributed by atoms with Crippen LogP contribution >= 0.6 is 0 Å². The molecule has 0 rings (SSSR count). The molecule has 0 heterocycles. The van der Waals surface area contributed by atoms with Crippen molar-refractivity contribution in [2.75, 3.05) is 6.61 Å². The number of carboxylic acid groups (broad SMARTS) is 1. The molecule has 0 amide bonds. The summed E-state index contributed by atoms with van der Waals surface area (Å²) in [5.74, 6) is 0.809. The van der Waals surface area contributed by atoms with Gasteiger partial charge < -0.3 is 10.2 Å². The molecule has 152 valence electrons. The van der Waals surface area contributed by atoms with Crippen LogP contribution in [0.25, 0.3) is 0 Å². The lowest BCUT2D eigenvalue weighted by Crippen LogP contribution is -2.10. The Hall–Kier alpha value is -0.570. The third-order valence-corrected chi connectivity index (χ3v) is 4.47. The smallest absolute Gasteiger partial charge is 0.303 e. The number of aliphatic hydroxyl groups excluding tert-OH is 1.